The van der Waals surface area contributed by atoms with Gasteiger partial charge in [-0.25, -0.2) is 0 Å². The van der Waals surface area contributed by atoms with Crippen LogP contribution in [0.4, 0.5) is 0 Å². The zero-order valence-electron chi connectivity index (χ0n) is 8.42. The Hall–Kier alpha value is 0.0700. The molecule has 0 bridgehead atoms. The molecule has 0 saturated heterocycles. The largest absolute Gasteiger partial charge is 0.396 e. The van der Waals surface area contributed by atoms with Crippen LogP contribution < -0.4 is 5.32 Å². The smallest absolute Gasteiger partial charge is 0.0431 e. The Bertz CT molecular complexity index is 131. The highest BCUT2D eigenvalue weighted by molar-refractivity contribution is 7.84. The van der Waals surface area contributed by atoms with Crippen LogP contribution >= 0.6 is 0 Å². The second kappa shape index (κ2) is 10.2. The summed E-state index contributed by atoms with van der Waals surface area (Å²) in [6, 6.07) is 0. The zero-order chi connectivity index (χ0) is 9.94. The van der Waals surface area contributed by atoms with Gasteiger partial charge in [0, 0.05) is 29.4 Å². The third-order valence-corrected chi connectivity index (χ3v) is 2.66. The van der Waals surface area contributed by atoms with Gasteiger partial charge in [0.15, 0.2) is 0 Å². The number of rotatable bonds is 9. The minimum absolute atomic E-state index is 0.300. The van der Waals surface area contributed by atoms with E-state index in [4.69, 9.17) is 5.11 Å². The van der Waals surface area contributed by atoms with Crippen LogP contribution in [0.15, 0.2) is 0 Å². The molecule has 13 heavy (non-hydrogen) atoms. The average molecular weight is 207 g/mol. The van der Waals surface area contributed by atoms with E-state index >= 15 is 0 Å². The van der Waals surface area contributed by atoms with E-state index < -0.39 is 10.8 Å². The van der Waals surface area contributed by atoms with Crippen molar-refractivity contribution in [1.82, 2.24) is 5.32 Å². The van der Waals surface area contributed by atoms with Crippen molar-refractivity contribution in [2.45, 2.75) is 25.7 Å². The van der Waals surface area contributed by atoms with Gasteiger partial charge in [0.25, 0.3) is 0 Å². The molecule has 0 spiro atoms. The topological polar surface area (TPSA) is 49.3 Å². The normalized spacial score (nSPS) is 13.1. The lowest BCUT2D eigenvalue weighted by Gasteiger charge is -2.02. The predicted molar refractivity (Wildman–Crippen MR) is 57.4 cm³/mol. The van der Waals surface area contributed by atoms with Crippen LogP contribution in [0.5, 0.6) is 0 Å². The summed E-state index contributed by atoms with van der Waals surface area (Å²) in [7, 11) is -0.649. The van der Waals surface area contributed by atoms with E-state index in [1.807, 2.05) is 0 Å². The fourth-order valence-electron chi connectivity index (χ4n) is 1.06. The first kappa shape index (κ1) is 13.1. The summed E-state index contributed by atoms with van der Waals surface area (Å²) in [6.45, 7) is 2.27. The maximum atomic E-state index is 10.7. The third-order valence-electron chi connectivity index (χ3n) is 1.80. The highest BCUT2D eigenvalue weighted by Crippen LogP contribution is 1.91. The monoisotopic (exact) mass is 207 g/mol. The average Bonchev–Trinajstić information content (AvgIpc) is 2.09. The molecule has 0 aliphatic carbocycles. The van der Waals surface area contributed by atoms with Crippen LogP contribution in [0.2, 0.25) is 0 Å². The first-order chi connectivity index (χ1) is 6.27. The Labute approximate surface area is 83.4 Å². The van der Waals surface area contributed by atoms with Crippen molar-refractivity contribution in [3.8, 4) is 0 Å². The number of unbranched alkanes of at least 4 members (excludes halogenated alkanes) is 2. The molecule has 0 rings (SSSR count). The van der Waals surface area contributed by atoms with E-state index in [9.17, 15) is 4.21 Å². The summed E-state index contributed by atoms with van der Waals surface area (Å²) in [5, 5.41) is 11.8. The van der Waals surface area contributed by atoms with Crippen LogP contribution in [0.25, 0.3) is 0 Å². The van der Waals surface area contributed by atoms with Gasteiger partial charge in [0.1, 0.15) is 0 Å². The Morgan fingerprint density at radius 2 is 1.85 bits per heavy atom. The Morgan fingerprint density at radius 3 is 2.46 bits per heavy atom. The summed E-state index contributed by atoms with van der Waals surface area (Å²) in [5.41, 5.74) is 0. The third kappa shape index (κ3) is 12.1. The maximum absolute atomic E-state index is 10.7. The maximum Gasteiger partial charge on any atom is 0.0431 e. The summed E-state index contributed by atoms with van der Waals surface area (Å²) >= 11 is 0. The van der Waals surface area contributed by atoms with E-state index in [1.54, 1.807) is 6.26 Å². The minimum atomic E-state index is -0.649. The van der Waals surface area contributed by atoms with Crippen molar-refractivity contribution >= 4 is 10.8 Å². The van der Waals surface area contributed by atoms with Crippen LogP contribution in [0, 0.1) is 0 Å². The van der Waals surface area contributed by atoms with E-state index in [0.717, 1.165) is 44.5 Å². The van der Waals surface area contributed by atoms with E-state index in [1.165, 1.54) is 0 Å². The first-order valence-electron chi connectivity index (χ1n) is 4.89. The number of hydrogen-bond acceptors (Lipinski definition) is 3. The van der Waals surface area contributed by atoms with Gasteiger partial charge < -0.3 is 10.4 Å². The zero-order valence-corrected chi connectivity index (χ0v) is 9.24. The number of hydrogen-bond donors (Lipinski definition) is 2. The second-order valence-electron chi connectivity index (χ2n) is 3.17. The molecule has 0 heterocycles. The Kier molecular flexibility index (Phi) is 10.2. The van der Waals surface area contributed by atoms with E-state index in [0.29, 0.717) is 6.61 Å². The van der Waals surface area contributed by atoms with Gasteiger partial charge >= 0.3 is 0 Å². The molecular formula is C9H21NO2S. The molecule has 80 valence electrons. The SMILES string of the molecule is CS(=O)CCCNCCCCCO. The highest BCUT2D eigenvalue weighted by atomic mass is 32.2. The lowest BCUT2D eigenvalue weighted by molar-refractivity contribution is 0.283. The van der Waals surface area contributed by atoms with Gasteiger partial charge in [0.2, 0.25) is 0 Å². The quantitative estimate of drug-likeness (QED) is 0.542. The second-order valence-corrected chi connectivity index (χ2v) is 4.72. The molecule has 0 aliphatic rings. The molecule has 0 aromatic heterocycles. The van der Waals surface area contributed by atoms with Gasteiger partial charge in [-0.3, -0.25) is 4.21 Å². The van der Waals surface area contributed by atoms with Crippen LogP contribution in [-0.4, -0.2) is 41.0 Å². The molecular weight excluding hydrogens is 186 g/mol. The lowest BCUT2D eigenvalue weighted by atomic mass is 10.2. The van der Waals surface area contributed by atoms with Crippen molar-refractivity contribution in [1.29, 1.82) is 0 Å². The molecule has 0 aromatic rings. The molecule has 1 unspecified atom stereocenters. The first-order valence-corrected chi connectivity index (χ1v) is 6.61. The molecule has 0 saturated carbocycles. The fraction of sp³-hybridized carbons (Fsp3) is 1.00. The van der Waals surface area contributed by atoms with Crippen molar-refractivity contribution in [3.05, 3.63) is 0 Å². The molecule has 0 radical (unpaired) electrons. The molecule has 2 N–H and O–H groups in total. The number of nitrogens with one attached hydrogen (secondary N) is 1. The standard InChI is InChI=1S/C9H21NO2S/c1-13(12)9-5-7-10-6-3-2-4-8-11/h10-11H,2-9H2,1H3. The summed E-state index contributed by atoms with van der Waals surface area (Å²) in [4.78, 5) is 0. The molecule has 4 heteroatoms. The molecule has 3 nitrogen and oxygen atoms in total. The minimum Gasteiger partial charge on any atom is -0.396 e. The van der Waals surface area contributed by atoms with Gasteiger partial charge in [0.05, 0.1) is 0 Å². The number of aliphatic hydroxyl groups excluding tert-OH is 1. The van der Waals surface area contributed by atoms with Gasteiger partial charge in [-0.1, -0.05) is 0 Å². The van der Waals surface area contributed by atoms with Gasteiger partial charge in [-0.2, -0.15) is 0 Å². The molecule has 0 aromatic carbocycles. The van der Waals surface area contributed by atoms with Gasteiger partial charge in [-0.05, 0) is 38.8 Å². The Morgan fingerprint density at radius 1 is 1.15 bits per heavy atom. The molecule has 0 aliphatic heterocycles. The van der Waals surface area contributed by atoms with Crippen molar-refractivity contribution in [2.24, 2.45) is 0 Å². The van der Waals surface area contributed by atoms with Gasteiger partial charge in [-0.15, -0.1) is 0 Å². The summed E-state index contributed by atoms with van der Waals surface area (Å²) < 4.78 is 10.7. The van der Waals surface area contributed by atoms with Crippen molar-refractivity contribution in [2.75, 3.05) is 31.7 Å². The van der Waals surface area contributed by atoms with Crippen LogP contribution in [0.3, 0.4) is 0 Å². The van der Waals surface area contributed by atoms with E-state index in [-0.39, 0.29) is 0 Å². The number of aliphatic hydroxyl groups is 1. The summed E-state index contributed by atoms with van der Waals surface area (Å²) in [5.74, 6) is 0.795. The molecule has 1 atom stereocenters. The highest BCUT2D eigenvalue weighted by Gasteiger charge is 1.91. The molecule has 0 amide bonds. The lowest BCUT2D eigenvalue weighted by Crippen LogP contribution is -2.18. The predicted octanol–water partition coefficient (Wildman–Crippen LogP) is 0.507. The van der Waals surface area contributed by atoms with Crippen LogP contribution in [0.1, 0.15) is 25.7 Å². The summed E-state index contributed by atoms with van der Waals surface area (Å²) in [6.07, 6.45) is 5.84. The molecule has 0 fully saturated rings. The van der Waals surface area contributed by atoms with Crippen LogP contribution in [-0.2, 0) is 10.8 Å². The Balaban J connectivity index is 2.87. The fourth-order valence-corrected chi connectivity index (χ4v) is 1.61. The van der Waals surface area contributed by atoms with Crippen molar-refractivity contribution in [3.63, 3.8) is 0 Å². The van der Waals surface area contributed by atoms with Crippen molar-refractivity contribution < 1.29 is 9.32 Å². The van der Waals surface area contributed by atoms with E-state index in [2.05, 4.69) is 5.32 Å².